The van der Waals surface area contributed by atoms with Crippen molar-refractivity contribution in [3.05, 3.63) is 88.9 Å². The second-order valence-corrected chi connectivity index (χ2v) is 12.9. The van der Waals surface area contributed by atoms with Gasteiger partial charge in [-0.05, 0) is 76.6 Å². The molecule has 1 atom stereocenters. The Bertz CT molecular complexity index is 1450. The third-order valence-corrected chi connectivity index (χ3v) is 8.16. The number of benzene rings is 3. The molecular formula is C30H36ClN3O5S. The van der Waals surface area contributed by atoms with E-state index in [1.165, 1.54) is 24.1 Å². The minimum Gasteiger partial charge on any atom is -0.495 e. The minimum atomic E-state index is -4.20. The molecule has 40 heavy (non-hydrogen) atoms. The summed E-state index contributed by atoms with van der Waals surface area (Å²) in [6.45, 7) is 8.49. The number of nitrogens with zero attached hydrogens (tertiary/aromatic N) is 2. The van der Waals surface area contributed by atoms with Crippen LogP contribution in [-0.4, -0.2) is 50.4 Å². The first-order valence-corrected chi connectivity index (χ1v) is 14.6. The first-order valence-electron chi connectivity index (χ1n) is 12.8. The van der Waals surface area contributed by atoms with E-state index in [0.717, 1.165) is 9.87 Å². The Kier molecular flexibility index (Phi) is 9.87. The van der Waals surface area contributed by atoms with E-state index in [1.807, 2.05) is 27.7 Å². The number of aryl methyl sites for hydroxylation is 1. The molecule has 2 amide bonds. The summed E-state index contributed by atoms with van der Waals surface area (Å²) in [6.07, 6.45) is 0. The summed E-state index contributed by atoms with van der Waals surface area (Å²) in [5.41, 5.74) is 1.26. The summed E-state index contributed by atoms with van der Waals surface area (Å²) in [6, 6.07) is 19.0. The Morgan fingerprint density at radius 3 is 2.25 bits per heavy atom. The van der Waals surface area contributed by atoms with Gasteiger partial charge in [-0.2, -0.15) is 0 Å². The quantitative estimate of drug-likeness (QED) is 0.353. The molecule has 3 aromatic rings. The lowest BCUT2D eigenvalue weighted by Gasteiger charge is -2.33. The fourth-order valence-corrected chi connectivity index (χ4v) is 5.71. The number of hydrogen-bond acceptors (Lipinski definition) is 5. The molecule has 0 spiro atoms. The molecule has 0 aliphatic rings. The van der Waals surface area contributed by atoms with E-state index in [0.29, 0.717) is 10.6 Å². The lowest BCUT2D eigenvalue weighted by atomic mass is 10.1. The predicted octanol–water partition coefficient (Wildman–Crippen LogP) is 5.18. The molecular weight excluding hydrogens is 550 g/mol. The highest BCUT2D eigenvalue weighted by molar-refractivity contribution is 7.92. The van der Waals surface area contributed by atoms with Crippen molar-refractivity contribution in [2.24, 2.45) is 0 Å². The molecule has 214 valence electrons. The highest BCUT2D eigenvalue weighted by Crippen LogP contribution is 2.32. The van der Waals surface area contributed by atoms with Crippen molar-refractivity contribution in [2.45, 2.75) is 57.6 Å². The molecule has 3 aromatic carbocycles. The average Bonchev–Trinajstić information content (AvgIpc) is 2.89. The Morgan fingerprint density at radius 1 is 1.00 bits per heavy atom. The van der Waals surface area contributed by atoms with Crippen molar-refractivity contribution in [3.8, 4) is 5.75 Å². The molecule has 0 fully saturated rings. The van der Waals surface area contributed by atoms with Crippen molar-refractivity contribution < 1.29 is 22.7 Å². The molecule has 0 radical (unpaired) electrons. The number of nitrogens with one attached hydrogen (secondary N) is 1. The maximum absolute atomic E-state index is 14.0. The molecule has 0 aliphatic carbocycles. The molecule has 0 saturated carbocycles. The second-order valence-electron chi connectivity index (χ2n) is 10.6. The first-order chi connectivity index (χ1) is 18.7. The number of para-hydroxylation sites is 2. The number of hydrogen-bond donors (Lipinski definition) is 1. The fraction of sp³-hybridized carbons (Fsp3) is 0.333. The van der Waals surface area contributed by atoms with Crippen LogP contribution < -0.4 is 14.4 Å². The molecule has 0 aliphatic heterocycles. The zero-order valence-electron chi connectivity index (χ0n) is 23.6. The van der Waals surface area contributed by atoms with Gasteiger partial charge in [-0.15, -0.1) is 0 Å². The second kappa shape index (κ2) is 12.7. The summed E-state index contributed by atoms with van der Waals surface area (Å²) >= 11 is 6.19. The molecule has 0 saturated heterocycles. The van der Waals surface area contributed by atoms with Crippen LogP contribution in [0.15, 0.2) is 77.7 Å². The van der Waals surface area contributed by atoms with Gasteiger partial charge < -0.3 is 15.0 Å². The summed E-state index contributed by atoms with van der Waals surface area (Å²) in [4.78, 5) is 28.6. The Balaban J connectivity index is 2.08. The number of halogens is 1. The maximum atomic E-state index is 14.0. The van der Waals surface area contributed by atoms with Gasteiger partial charge >= 0.3 is 0 Å². The van der Waals surface area contributed by atoms with Crippen LogP contribution in [-0.2, 0) is 26.2 Å². The van der Waals surface area contributed by atoms with Gasteiger partial charge in [0.05, 0.1) is 17.7 Å². The van der Waals surface area contributed by atoms with Crippen LogP contribution in [0.1, 0.15) is 38.8 Å². The number of ether oxygens (including phenoxy) is 1. The highest BCUT2D eigenvalue weighted by atomic mass is 35.5. The largest absolute Gasteiger partial charge is 0.495 e. The number of carbonyl (C=O) groups is 2. The van der Waals surface area contributed by atoms with E-state index in [1.54, 1.807) is 67.6 Å². The minimum absolute atomic E-state index is 0.0247. The summed E-state index contributed by atoms with van der Waals surface area (Å²) in [5, 5.41) is 3.39. The van der Waals surface area contributed by atoms with E-state index in [2.05, 4.69) is 5.32 Å². The van der Waals surface area contributed by atoms with Crippen molar-refractivity contribution >= 4 is 39.1 Å². The summed E-state index contributed by atoms with van der Waals surface area (Å²) < 4.78 is 34.4. The van der Waals surface area contributed by atoms with Gasteiger partial charge in [0.2, 0.25) is 11.8 Å². The molecule has 0 bridgehead atoms. The number of rotatable bonds is 10. The van der Waals surface area contributed by atoms with E-state index in [4.69, 9.17) is 16.3 Å². The molecule has 1 N–H and O–H groups in total. The van der Waals surface area contributed by atoms with E-state index >= 15 is 0 Å². The van der Waals surface area contributed by atoms with Crippen molar-refractivity contribution in [2.75, 3.05) is 18.0 Å². The Labute approximate surface area is 241 Å². The SMILES string of the molecule is COc1ccccc1N(CC(=O)N(Cc1cccc(Cl)c1)[C@@H](C)C(=O)NC(C)(C)C)S(=O)(=O)c1ccc(C)cc1. The third-order valence-electron chi connectivity index (χ3n) is 6.15. The van der Waals surface area contributed by atoms with E-state index in [-0.39, 0.29) is 28.8 Å². The topological polar surface area (TPSA) is 96.0 Å². The molecule has 0 heterocycles. The zero-order valence-corrected chi connectivity index (χ0v) is 25.2. The Hall–Kier alpha value is -3.56. The lowest BCUT2D eigenvalue weighted by molar-refractivity contribution is -0.140. The number of anilines is 1. The number of methoxy groups -OCH3 is 1. The van der Waals surface area contributed by atoms with Crippen LogP contribution in [0, 0.1) is 6.92 Å². The predicted molar refractivity (Wildman–Crippen MR) is 158 cm³/mol. The van der Waals surface area contributed by atoms with Gasteiger partial charge in [0.15, 0.2) is 0 Å². The number of amides is 2. The number of sulfonamides is 1. The fourth-order valence-electron chi connectivity index (χ4n) is 4.08. The van der Waals surface area contributed by atoms with Crippen LogP contribution in [0.25, 0.3) is 0 Å². The van der Waals surface area contributed by atoms with Crippen molar-refractivity contribution in [1.82, 2.24) is 10.2 Å². The maximum Gasteiger partial charge on any atom is 0.264 e. The number of carbonyl (C=O) groups excluding carboxylic acids is 2. The van der Waals surface area contributed by atoms with Gasteiger partial charge in [-0.3, -0.25) is 13.9 Å². The van der Waals surface area contributed by atoms with Gasteiger partial charge in [0, 0.05) is 17.1 Å². The highest BCUT2D eigenvalue weighted by Gasteiger charge is 2.34. The molecule has 8 nitrogen and oxygen atoms in total. The lowest BCUT2D eigenvalue weighted by Crippen LogP contribution is -2.54. The first kappa shape index (κ1) is 31.0. The smallest absolute Gasteiger partial charge is 0.264 e. The van der Waals surface area contributed by atoms with E-state index < -0.39 is 34.1 Å². The average molecular weight is 586 g/mol. The van der Waals surface area contributed by atoms with Gasteiger partial charge in [0.25, 0.3) is 10.0 Å². The Morgan fingerprint density at radius 2 is 1.65 bits per heavy atom. The van der Waals surface area contributed by atoms with Gasteiger partial charge in [-0.25, -0.2) is 8.42 Å². The van der Waals surface area contributed by atoms with Crippen LogP contribution in [0.2, 0.25) is 5.02 Å². The van der Waals surface area contributed by atoms with Crippen LogP contribution in [0.5, 0.6) is 5.75 Å². The molecule has 0 aromatic heterocycles. The summed E-state index contributed by atoms with van der Waals surface area (Å²) in [7, 11) is -2.77. The van der Waals surface area contributed by atoms with Gasteiger partial charge in [0.1, 0.15) is 18.3 Å². The van der Waals surface area contributed by atoms with Gasteiger partial charge in [-0.1, -0.05) is 53.6 Å². The molecule has 10 heteroatoms. The van der Waals surface area contributed by atoms with Crippen LogP contribution in [0.4, 0.5) is 5.69 Å². The van der Waals surface area contributed by atoms with Crippen LogP contribution >= 0.6 is 11.6 Å². The third kappa shape index (κ3) is 7.76. The zero-order chi connectivity index (χ0) is 29.7. The summed E-state index contributed by atoms with van der Waals surface area (Å²) in [5.74, 6) is -0.655. The molecule has 3 rings (SSSR count). The normalized spacial score (nSPS) is 12.4. The van der Waals surface area contributed by atoms with Crippen LogP contribution in [0.3, 0.4) is 0 Å². The monoisotopic (exact) mass is 585 g/mol. The van der Waals surface area contributed by atoms with Crippen molar-refractivity contribution in [1.29, 1.82) is 0 Å². The molecule has 0 unspecified atom stereocenters. The van der Waals surface area contributed by atoms with E-state index in [9.17, 15) is 18.0 Å². The standard InChI is InChI=1S/C30H36ClN3O5S/c1-21-14-16-25(17-15-21)40(37,38)34(26-12-7-8-13-27(26)39-6)20-28(35)33(19-23-10-9-11-24(31)18-23)22(2)29(36)32-30(3,4)5/h7-18,22H,19-20H2,1-6H3,(H,32,36)/t22-/m0/s1. The van der Waals surface area contributed by atoms with Crippen molar-refractivity contribution in [3.63, 3.8) is 0 Å².